The molecule has 0 saturated heterocycles. The van der Waals surface area contributed by atoms with Gasteiger partial charge >= 0.3 is 0 Å². The Labute approximate surface area is 135 Å². The Morgan fingerprint density at radius 3 is 2.65 bits per heavy atom. The first-order valence-corrected chi connectivity index (χ1v) is 7.41. The first kappa shape index (κ1) is 15.2. The van der Waals surface area contributed by atoms with Crippen LogP contribution in [0.4, 0.5) is 0 Å². The first-order chi connectivity index (χ1) is 11.1. The van der Waals surface area contributed by atoms with E-state index >= 15 is 0 Å². The van der Waals surface area contributed by atoms with Gasteiger partial charge in [0.2, 0.25) is 0 Å². The van der Waals surface area contributed by atoms with Gasteiger partial charge in [0.1, 0.15) is 17.1 Å². The highest BCUT2D eigenvalue weighted by Crippen LogP contribution is 2.29. The van der Waals surface area contributed by atoms with Crippen LogP contribution in [-0.2, 0) is 6.61 Å². The molecule has 5 nitrogen and oxygen atoms in total. The van der Waals surface area contributed by atoms with Crippen molar-refractivity contribution in [1.82, 2.24) is 15.0 Å². The van der Waals surface area contributed by atoms with E-state index in [9.17, 15) is 5.11 Å². The van der Waals surface area contributed by atoms with E-state index in [0.29, 0.717) is 5.69 Å². The summed E-state index contributed by atoms with van der Waals surface area (Å²) >= 11 is 0. The van der Waals surface area contributed by atoms with E-state index in [4.69, 9.17) is 4.74 Å². The number of benzene rings is 2. The van der Waals surface area contributed by atoms with E-state index in [1.807, 2.05) is 43.3 Å². The largest absolute Gasteiger partial charge is 0.497 e. The number of hydrogen-bond donors (Lipinski definition) is 1. The quantitative estimate of drug-likeness (QED) is 0.804. The van der Waals surface area contributed by atoms with E-state index in [2.05, 4.69) is 23.3 Å². The number of aliphatic hydroxyl groups excluding tert-OH is 1. The fourth-order valence-electron chi connectivity index (χ4n) is 2.69. The van der Waals surface area contributed by atoms with Crippen LogP contribution < -0.4 is 4.74 Å². The van der Waals surface area contributed by atoms with Gasteiger partial charge in [-0.15, -0.1) is 5.10 Å². The molecule has 0 bridgehead atoms. The lowest BCUT2D eigenvalue weighted by Gasteiger charge is -2.12. The maximum Gasteiger partial charge on any atom is 0.119 e. The van der Waals surface area contributed by atoms with E-state index in [1.54, 1.807) is 11.8 Å². The maximum absolute atomic E-state index is 9.63. The minimum atomic E-state index is -0.169. The van der Waals surface area contributed by atoms with Crippen molar-refractivity contribution in [2.45, 2.75) is 20.5 Å². The summed E-state index contributed by atoms with van der Waals surface area (Å²) in [4.78, 5) is 0. The molecule has 0 atom stereocenters. The molecule has 2 aromatic carbocycles. The maximum atomic E-state index is 9.63. The Morgan fingerprint density at radius 2 is 1.96 bits per heavy atom. The molecular weight excluding hydrogens is 290 g/mol. The van der Waals surface area contributed by atoms with Gasteiger partial charge in [-0.25, -0.2) is 4.68 Å². The fraction of sp³-hybridized carbons (Fsp3) is 0.222. The lowest BCUT2D eigenvalue weighted by atomic mass is 10.1. The SMILES string of the molecule is COc1cccc(-c2c(CO)nnn2-c2ccc(C)cc2C)c1. The van der Waals surface area contributed by atoms with Gasteiger partial charge < -0.3 is 9.84 Å². The second kappa shape index (κ2) is 6.22. The van der Waals surface area contributed by atoms with Crippen molar-refractivity contribution in [1.29, 1.82) is 0 Å². The minimum Gasteiger partial charge on any atom is -0.497 e. The first-order valence-electron chi connectivity index (χ1n) is 7.41. The fourth-order valence-corrected chi connectivity index (χ4v) is 2.69. The van der Waals surface area contributed by atoms with Crippen molar-refractivity contribution in [2.24, 2.45) is 0 Å². The van der Waals surface area contributed by atoms with Crippen molar-refractivity contribution in [3.63, 3.8) is 0 Å². The van der Waals surface area contributed by atoms with Gasteiger partial charge in [0.05, 0.1) is 19.4 Å². The molecule has 3 aromatic rings. The summed E-state index contributed by atoms with van der Waals surface area (Å²) in [6.45, 7) is 3.93. The summed E-state index contributed by atoms with van der Waals surface area (Å²) in [5, 5.41) is 18.0. The van der Waals surface area contributed by atoms with Crippen LogP contribution in [0.3, 0.4) is 0 Å². The van der Waals surface area contributed by atoms with Crippen molar-refractivity contribution < 1.29 is 9.84 Å². The molecule has 0 saturated carbocycles. The summed E-state index contributed by atoms with van der Waals surface area (Å²) in [7, 11) is 1.63. The average Bonchev–Trinajstić information content (AvgIpc) is 2.98. The topological polar surface area (TPSA) is 60.2 Å². The van der Waals surface area contributed by atoms with Crippen molar-refractivity contribution in [3.8, 4) is 22.7 Å². The smallest absolute Gasteiger partial charge is 0.119 e. The molecule has 0 unspecified atom stereocenters. The van der Waals surface area contributed by atoms with Crippen LogP contribution >= 0.6 is 0 Å². The van der Waals surface area contributed by atoms with E-state index in [1.165, 1.54) is 5.56 Å². The molecule has 3 rings (SSSR count). The normalized spacial score (nSPS) is 10.8. The average molecular weight is 309 g/mol. The Balaban J connectivity index is 2.21. The molecule has 5 heteroatoms. The summed E-state index contributed by atoms with van der Waals surface area (Å²) in [5.41, 5.74) is 5.45. The number of aliphatic hydroxyl groups is 1. The number of aryl methyl sites for hydroxylation is 2. The second-order valence-corrected chi connectivity index (χ2v) is 5.48. The highest BCUT2D eigenvalue weighted by atomic mass is 16.5. The number of ether oxygens (including phenoxy) is 1. The predicted octanol–water partition coefficient (Wildman–Crippen LogP) is 3.05. The van der Waals surface area contributed by atoms with Crippen LogP contribution in [0.15, 0.2) is 42.5 Å². The number of rotatable bonds is 4. The predicted molar refractivity (Wildman–Crippen MR) is 88.7 cm³/mol. The lowest BCUT2D eigenvalue weighted by molar-refractivity contribution is 0.277. The third-order valence-corrected chi connectivity index (χ3v) is 3.81. The number of aromatic nitrogens is 3. The zero-order chi connectivity index (χ0) is 16.4. The number of nitrogens with zero attached hydrogens (tertiary/aromatic N) is 3. The molecule has 0 spiro atoms. The third kappa shape index (κ3) is 2.83. The van der Waals surface area contributed by atoms with Crippen LogP contribution in [0.2, 0.25) is 0 Å². The molecule has 1 heterocycles. The van der Waals surface area contributed by atoms with E-state index < -0.39 is 0 Å². The zero-order valence-electron chi connectivity index (χ0n) is 13.4. The summed E-state index contributed by atoms with van der Waals surface area (Å²) in [6.07, 6.45) is 0. The summed E-state index contributed by atoms with van der Waals surface area (Å²) < 4.78 is 7.07. The van der Waals surface area contributed by atoms with Crippen molar-refractivity contribution in [3.05, 3.63) is 59.3 Å². The molecule has 0 amide bonds. The summed E-state index contributed by atoms with van der Waals surface area (Å²) in [6, 6.07) is 13.8. The minimum absolute atomic E-state index is 0.169. The van der Waals surface area contributed by atoms with Gasteiger partial charge in [-0.3, -0.25) is 0 Å². The van der Waals surface area contributed by atoms with Crippen molar-refractivity contribution in [2.75, 3.05) is 7.11 Å². The summed E-state index contributed by atoms with van der Waals surface area (Å²) in [5.74, 6) is 0.750. The Morgan fingerprint density at radius 1 is 1.13 bits per heavy atom. The standard InChI is InChI=1S/C18H19N3O2/c1-12-7-8-17(13(2)9-12)21-18(16(11-22)19-20-21)14-5-4-6-15(10-14)23-3/h4-10,22H,11H2,1-3H3. The molecule has 0 aliphatic rings. The van der Waals surface area contributed by atoms with Gasteiger partial charge in [0.15, 0.2) is 0 Å². The van der Waals surface area contributed by atoms with Crippen LogP contribution in [0.5, 0.6) is 5.75 Å². The lowest BCUT2D eigenvalue weighted by Crippen LogP contribution is -2.03. The Bertz CT molecular complexity index is 840. The molecule has 0 fully saturated rings. The zero-order valence-corrected chi connectivity index (χ0v) is 13.4. The molecule has 0 radical (unpaired) electrons. The Kier molecular flexibility index (Phi) is 4.12. The van der Waals surface area contributed by atoms with Crippen LogP contribution in [-0.4, -0.2) is 27.2 Å². The third-order valence-electron chi connectivity index (χ3n) is 3.81. The number of methoxy groups -OCH3 is 1. The second-order valence-electron chi connectivity index (χ2n) is 5.48. The highest BCUT2D eigenvalue weighted by Gasteiger charge is 2.17. The van der Waals surface area contributed by atoms with E-state index in [-0.39, 0.29) is 6.61 Å². The van der Waals surface area contributed by atoms with Gasteiger partial charge in [-0.2, -0.15) is 0 Å². The van der Waals surface area contributed by atoms with Gasteiger partial charge in [0, 0.05) is 5.56 Å². The van der Waals surface area contributed by atoms with Crippen LogP contribution in [0.25, 0.3) is 16.9 Å². The van der Waals surface area contributed by atoms with Crippen LogP contribution in [0.1, 0.15) is 16.8 Å². The molecule has 23 heavy (non-hydrogen) atoms. The highest BCUT2D eigenvalue weighted by molar-refractivity contribution is 5.66. The van der Waals surface area contributed by atoms with E-state index in [0.717, 1.165) is 28.3 Å². The molecule has 1 aromatic heterocycles. The van der Waals surface area contributed by atoms with Crippen molar-refractivity contribution >= 4 is 0 Å². The number of hydrogen-bond acceptors (Lipinski definition) is 4. The monoisotopic (exact) mass is 309 g/mol. The molecule has 1 N–H and O–H groups in total. The van der Waals surface area contributed by atoms with Gasteiger partial charge in [-0.1, -0.05) is 35.0 Å². The Hall–Kier alpha value is -2.66. The molecular formula is C18H19N3O2. The van der Waals surface area contributed by atoms with Crippen LogP contribution in [0, 0.1) is 13.8 Å². The molecule has 118 valence electrons. The van der Waals surface area contributed by atoms with Gasteiger partial charge in [-0.05, 0) is 37.6 Å². The van der Waals surface area contributed by atoms with Gasteiger partial charge in [0.25, 0.3) is 0 Å². The molecule has 0 aliphatic carbocycles. The molecule has 0 aliphatic heterocycles.